The van der Waals surface area contributed by atoms with Crippen LogP contribution in [0.4, 0.5) is 13.2 Å². The minimum Gasteiger partial charge on any atom is -0.463 e. The van der Waals surface area contributed by atoms with E-state index in [0.29, 0.717) is 18.8 Å². The number of piperidine rings is 1. The summed E-state index contributed by atoms with van der Waals surface area (Å²) in [5.74, 6) is -0.701. The van der Waals surface area contributed by atoms with Gasteiger partial charge in [0.05, 0.1) is 13.2 Å². The Morgan fingerprint density at radius 2 is 2.00 bits per heavy atom. The number of hydrogen-bond acceptors (Lipinski definition) is 5. The average molecular weight is 335 g/mol. The predicted molar refractivity (Wildman–Crippen MR) is 74.8 cm³/mol. The molecule has 2 atom stereocenters. The van der Waals surface area contributed by atoms with Gasteiger partial charge in [-0.1, -0.05) is 0 Å². The molecule has 0 spiro atoms. The average Bonchev–Trinajstić information content (AvgIpc) is 3.02. The van der Waals surface area contributed by atoms with E-state index in [2.05, 4.69) is 4.74 Å². The first-order chi connectivity index (χ1) is 10.7. The van der Waals surface area contributed by atoms with Crippen LogP contribution in [0.25, 0.3) is 0 Å². The van der Waals surface area contributed by atoms with Crippen molar-refractivity contribution in [2.24, 2.45) is 5.92 Å². The minimum atomic E-state index is -4.57. The molecule has 0 aliphatic carbocycles. The fraction of sp³-hybridized carbons (Fsp3) is 0.667. The molecule has 1 fully saturated rings. The van der Waals surface area contributed by atoms with Gasteiger partial charge in [0.15, 0.2) is 6.10 Å². The quantitative estimate of drug-likeness (QED) is 0.857. The third kappa shape index (κ3) is 4.06. The molecule has 1 aliphatic rings. The van der Waals surface area contributed by atoms with Crippen molar-refractivity contribution in [2.45, 2.75) is 38.1 Å². The molecular weight excluding hydrogens is 315 g/mol. The van der Waals surface area contributed by atoms with E-state index < -0.39 is 24.2 Å². The number of halogens is 3. The molecule has 8 heteroatoms. The van der Waals surface area contributed by atoms with E-state index in [4.69, 9.17) is 4.42 Å². The summed E-state index contributed by atoms with van der Waals surface area (Å²) in [6.07, 6.45) is -6.32. The van der Waals surface area contributed by atoms with Crippen LogP contribution in [0.15, 0.2) is 16.5 Å². The number of carbonyl (C=O) groups is 1. The van der Waals surface area contributed by atoms with E-state index in [-0.39, 0.29) is 24.6 Å². The second-order valence-electron chi connectivity index (χ2n) is 5.73. The number of alkyl halides is 3. The molecule has 1 N–H and O–H groups in total. The highest BCUT2D eigenvalue weighted by Gasteiger charge is 2.44. The molecule has 1 saturated heterocycles. The number of rotatable bonds is 4. The van der Waals surface area contributed by atoms with Crippen molar-refractivity contribution in [2.75, 3.05) is 20.2 Å². The normalized spacial score (nSPS) is 20.3. The van der Waals surface area contributed by atoms with E-state index in [1.165, 1.54) is 13.2 Å². The van der Waals surface area contributed by atoms with E-state index in [0.717, 1.165) is 0 Å². The van der Waals surface area contributed by atoms with Gasteiger partial charge in [0.25, 0.3) is 0 Å². The first-order valence-electron chi connectivity index (χ1n) is 7.41. The van der Waals surface area contributed by atoms with Crippen LogP contribution in [0.2, 0.25) is 0 Å². The Hall–Kier alpha value is -1.54. The Bertz CT molecular complexity index is 535. The first-order valence-corrected chi connectivity index (χ1v) is 7.41. The zero-order chi connectivity index (χ0) is 17.2. The predicted octanol–water partition coefficient (Wildman–Crippen LogP) is 2.76. The van der Waals surface area contributed by atoms with Gasteiger partial charge in [-0.2, -0.15) is 13.2 Å². The number of furan rings is 1. The molecule has 0 aromatic carbocycles. The molecule has 0 unspecified atom stereocenters. The molecule has 0 bridgehead atoms. The molecular formula is C15H20F3NO4. The van der Waals surface area contributed by atoms with Crippen molar-refractivity contribution in [3.8, 4) is 0 Å². The van der Waals surface area contributed by atoms with Crippen LogP contribution in [-0.2, 0) is 4.74 Å². The van der Waals surface area contributed by atoms with Gasteiger partial charge in [-0.25, -0.2) is 4.79 Å². The molecule has 0 radical (unpaired) electrons. The lowest BCUT2D eigenvalue weighted by molar-refractivity contribution is -0.223. The topological polar surface area (TPSA) is 62.9 Å². The minimum absolute atomic E-state index is 0.0942. The largest absolute Gasteiger partial charge is 0.463 e. The van der Waals surface area contributed by atoms with Crippen LogP contribution < -0.4 is 0 Å². The van der Waals surface area contributed by atoms with Gasteiger partial charge >= 0.3 is 12.1 Å². The standard InChI is InChI=1S/C15H20F3NO4/c1-9(11-3-4-12(23-11)14(21)22-2)19-7-5-10(6-8-19)13(20)15(16,17)18/h3-4,9-10,13,20H,5-8H2,1-2H3/t9-,13+/m1/s1. The number of carbonyl (C=O) groups excluding carboxylic acids is 1. The second-order valence-corrected chi connectivity index (χ2v) is 5.73. The van der Waals surface area contributed by atoms with Crippen LogP contribution in [-0.4, -0.2) is 48.5 Å². The summed E-state index contributed by atoms with van der Waals surface area (Å²) in [7, 11) is 1.25. The Morgan fingerprint density at radius 1 is 1.39 bits per heavy atom. The van der Waals surface area contributed by atoms with Gasteiger partial charge in [-0.05, 0) is 50.9 Å². The third-order valence-electron chi connectivity index (χ3n) is 4.33. The van der Waals surface area contributed by atoms with Crippen molar-refractivity contribution in [3.63, 3.8) is 0 Å². The summed E-state index contributed by atoms with van der Waals surface area (Å²) in [5, 5.41) is 9.33. The zero-order valence-electron chi connectivity index (χ0n) is 13.0. The van der Waals surface area contributed by atoms with Crippen molar-refractivity contribution >= 4 is 5.97 Å². The molecule has 5 nitrogen and oxygen atoms in total. The van der Waals surface area contributed by atoms with Gasteiger partial charge < -0.3 is 14.3 Å². The number of nitrogens with zero attached hydrogens (tertiary/aromatic N) is 1. The van der Waals surface area contributed by atoms with Gasteiger partial charge in [0.1, 0.15) is 5.76 Å². The summed E-state index contributed by atoms with van der Waals surface area (Å²) in [5.41, 5.74) is 0. The molecule has 0 amide bonds. The van der Waals surface area contributed by atoms with Crippen molar-refractivity contribution in [1.29, 1.82) is 0 Å². The third-order valence-corrected chi connectivity index (χ3v) is 4.33. The molecule has 1 aromatic heterocycles. The Labute approximate surface area is 132 Å². The monoisotopic (exact) mass is 335 g/mol. The lowest BCUT2D eigenvalue weighted by Crippen LogP contribution is -2.43. The van der Waals surface area contributed by atoms with Crippen LogP contribution in [0.5, 0.6) is 0 Å². The number of esters is 1. The Morgan fingerprint density at radius 3 is 2.52 bits per heavy atom. The lowest BCUT2D eigenvalue weighted by Gasteiger charge is -2.37. The molecule has 1 aliphatic heterocycles. The van der Waals surface area contributed by atoms with Crippen LogP contribution in [0, 0.1) is 5.92 Å². The highest BCUT2D eigenvalue weighted by Crippen LogP contribution is 2.34. The van der Waals surface area contributed by atoms with E-state index in [1.807, 2.05) is 11.8 Å². The number of ether oxygens (including phenoxy) is 1. The Kier molecular flexibility index (Phi) is 5.36. The maximum atomic E-state index is 12.5. The van der Waals surface area contributed by atoms with E-state index in [1.54, 1.807) is 6.07 Å². The van der Waals surface area contributed by atoms with Crippen LogP contribution >= 0.6 is 0 Å². The lowest BCUT2D eigenvalue weighted by atomic mass is 9.90. The first kappa shape index (κ1) is 17.8. The summed E-state index contributed by atoms with van der Waals surface area (Å²) in [6.45, 7) is 2.71. The maximum absolute atomic E-state index is 12.5. The fourth-order valence-electron chi connectivity index (χ4n) is 2.86. The smallest absolute Gasteiger partial charge is 0.414 e. The van der Waals surface area contributed by atoms with Crippen LogP contribution in [0.3, 0.4) is 0 Å². The second kappa shape index (κ2) is 6.92. The van der Waals surface area contributed by atoms with Gasteiger partial charge in [-0.15, -0.1) is 0 Å². The van der Waals surface area contributed by atoms with Gasteiger partial charge in [0.2, 0.25) is 5.76 Å². The fourth-order valence-corrected chi connectivity index (χ4v) is 2.86. The molecule has 2 heterocycles. The van der Waals surface area contributed by atoms with Crippen molar-refractivity contribution in [3.05, 3.63) is 23.7 Å². The van der Waals surface area contributed by atoms with Gasteiger partial charge in [0, 0.05) is 0 Å². The highest BCUT2D eigenvalue weighted by atomic mass is 19.4. The summed E-state index contributed by atoms with van der Waals surface area (Å²) < 4.78 is 47.6. The summed E-state index contributed by atoms with van der Waals surface area (Å²) in [6, 6.07) is 3.00. The SMILES string of the molecule is COC(=O)c1ccc([C@@H](C)N2CCC([C@H](O)C(F)(F)F)CC2)o1. The summed E-state index contributed by atoms with van der Waals surface area (Å²) in [4.78, 5) is 13.3. The molecule has 1 aromatic rings. The van der Waals surface area contributed by atoms with Crippen molar-refractivity contribution < 1.29 is 32.2 Å². The zero-order valence-corrected chi connectivity index (χ0v) is 13.0. The molecule has 23 heavy (non-hydrogen) atoms. The van der Waals surface area contributed by atoms with Crippen LogP contribution in [0.1, 0.15) is 42.1 Å². The number of methoxy groups -OCH3 is 1. The number of aliphatic hydroxyl groups excluding tert-OH is 1. The van der Waals surface area contributed by atoms with Gasteiger partial charge in [-0.3, -0.25) is 4.90 Å². The van der Waals surface area contributed by atoms with Crippen molar-refractivity contribution in [1.82, 2.24) is 4.90 Å². The maximum Gasteiger partial charge on any atom is 0.414 e. The number of likely N-dealkylation sites (tertiary alicyclic amines) is 1. The summed E-state index contributed by atoms with van der Waals surface area (Å²) >= 11 is 0. The highest BCUT2D eigenvalue weighted by molar-refractivity contribution is 5.86. The molecule has 0 saturated carbocycles. The molecule has 2 rings (SSSR count). The molecule has 130 valence electrons. The van der Waals surface area contributed by atoms with E-state index >= 15 is 0 Å². The van der Waals surface area contributed by atoms with E-state index in [9.17, 15) is 23.1 Å². The Balaban J connectivity index is 1.94. The number of aliphatic hydroxyl groups is 1. The number of hydrogen-bond donors (Lipinski definition) is 1.